The molecule has 3 amide bonds. The van der Waals surface area contributed by atoms with Crippen LogP contribution in [0.25, 0.3) is 5.65 Å². The molecule has 0 unspecified atom stereocenters. The molecule has 1 aliphatic carbocycles. The molecule has 31 heavy (non-hydrogen) atoms. The second-order valence-corrected chi connectivity index (χ2v) is 8.15. The minimum atomic E-state index is -0.199. The monoisotopic (exact) mass is 425 g/mol. The van der Waals surface area contributed by atoms with Gasteiger partial charge in [0.25, 0.3) is 0 Å². The Morgan fingerprint density at radius 1 is 1.19 bits per heavy atom. The number of carbonyl (C=O) groups excluding carboxylic acids is 2. The highest BCUT2D eigenvalue weighted by Gasteiger charge is 2.16. The van der Waals surface area contributed by atoms with E-state index in [1.54, 1.807) is 4.52 Å². The number of aromatic nitrogens is 3. The Morgan fingerprint density at radius 3 is 2.71 bits per heavy atom. The van der Waals surface area contributed by atoms with Crippen molar-refractivity contribution in [3.8, 4) is 6.07 Å². The SMILES string of the molecule is Cc1cc(C)n2nc(CCCNC(=O)CCNC(=O)NC3CCCCC3)c(C#N)c2n1. The van der Waals surface area contributed by atoms with Crippen molar-refractivity contribution in [2.24, 2.45) is 0 Å². The molecule has 166 valence electrons. The lowest BCUT2D eigenvalue weighted by Crippen LogP contribution is -2.43. The number of hydrogen-bond donors (Lipinski definition) is 3. The van der Waals surface area contributed by atoms with Crippen molar-refractivity contribution in [3.05, 3.63) is 28.7 Å². The third-order valence-electron chi connectivity index (χ3n) is 5.57. The standard InChI is InChI=1S/C22H31N7O2/c1-15-13-16(2)29-21(26-15)18(14-23)19(28-29)9-6-11-24-20(30)10-12-25-22(31)27-17-7-4-3-5-8-17/h13,17H,3-12H2,1-2H3,(H,24,30)(H2,25,27,31). The Balaban J connectivity index is 1.37. The van der Waals surface area contributed by atoms with Gasteiger partial charge in [-0.2, -0.15) is 10.4 Å². The zero-order valence-corrected chi connectivity index (χ0v) is 18.3. The number of nitrogens with zero attached hydrogens (tertiary/aromatic N) is 4. The lowest BCUT2D eigenvalue weighted by Gasteiger charge is -2.22. The largest absolute Gasteiger partial charge is 0.356 e. The van der Waals surface area contributed by atoms with Crippen LogP contribution < -0.4 is 16.0 Å². The number of aryl methyl sites for hydroxylation is 3. The second-order valence-electron chi connectivity index (χ2n) is 8.15. The Bertz CT molecular complexity index is 970. The average Bonchev–Trinajstić information content (AvgIpc) is 3.09. The minimum Gasteiger partial charge on any atom is -0.356 e. The highest BCUT2D eigenvalue weighted by Crippen LogP contribution is 2.18. The summed E-state index contributed by atoms with van der Waals surface area (Å²) in [6.07, 6.45) is 7.10. The fourth-order valence-electron chi connectivity index (χ4n) is 4.00. The summed E-state index contributed by atoms with van der Waals surface area (Å²) in [5, 5.41) is 22.6. The van der Waals surface area contributed by atoms with Gasteiger partial charge in [0.05, 0.1) is 5.69 Å². The summed E-state index contributed by atoms with van der Waals surface area (Å²) in [5.74, 6) is -0.110. The van der Waals surface area contributed by atoms with Gasteiger partial charge in [0.15, 0.2) is 5.65 Å². The molecule has 2 aromatic heterocycles. The summed E-state index contributed by atoms with van der Waals surface area (Å²) in [5.41, 5.74) is 3.54. The third kappa shape index (κ3) is 6.17. The number of rotatable bonds is 8. The number of nitriles is 1. The molecule has 1 fully saturated rings. The first-order valence-corrected chi connectivity index (χ1v) is 11.0. The maximum Gasteiger partial charge on any atom is 0.315 e. The maximum atomic E-state index is 12.0. The van der Waals surface area contributed by atoms with Gasteiger partial charge in [-0.3, -0.25) is 4.79 Å². The van der Waals surface area contributed by atoms with Crippen LogP contribution >= 0.6 is 0 Å². The fourth-order valence-corrected chi connectivity index (χ4v) is 4.00. The Hall–Kier alpha value is -3.15. The van der Waals surface area contributed by atoms with Crippen molar-refractivity contribution < 1.29 is 9.59 Å². The van der Waals surface area contributed by atoms with Crippen LogP contribution in [0, 0.1) is 25.2 Å². The van der Waals surface area contributed by atoms with Crippen molar-refractivity contribution in [2.75, 3.05) is 13.1 Å². The van der Waals surface area contributed by atoms with Crippen molar-refractivity contribution in [1.82, 2.24) is 30.5 Å². The number of hydrogen-bond acceptors (Lipinski definition) is 5. The maximum absolute atomic E-state index is 12.0. The molecule has 9 heteroatoms. The average molecular weight is 426 g/mol. The predicted octanol–water partition coefficient (Wildman–Crippen LogP) is 2.29. The molecule has 3 rings (SSSR count). The molecule has 2 heterocycles. The molecule has 0 aromatic carbocycles. The molecular formula is C22H31N7O2. The van der Waals surface area contributed by atoms with Crippen LogP contribution in [0.2, 0.25) is 0 Å². The number of nitrogens with one attached hydrogen (secondary N) is 3. The van der Waals surface area contributed by atoms with E-state index in [-0.39, 0.29) is 24.4 Å². The minimum absolute atomic E-state index is 0.110. The van der Waals surface area contributed by atoms with Gasteiger partial charge in [0.1, 0.15) is 11.6 Å². The second kappa shape index (κ2) is 10.8. The predicted molar refractivity (Wildman–Crippen MR) is 117 cm³/mol. The van der Waals surface area contributed by atoms with E-state index in [1.165, 1.54) is 6.42 Å². The summed E-state index contributed by atoms with van der Waals surface area (Å²) in [4.78, 5) is 28.3. The summed E-state index contributed by atoms with van der Waals surface area (Å²) in [7, 11) is 0. The quantitative estimate of drug-likeness (QED) is 0.560. The van der Waals surface area contributed by atoms with Crippen LogP contribution in [0.4, 0.5) is 4.79 Å². The van der Waals surface area contributed by atoms with E-state index in [9.17, 15) is 14.9 Å². The molecule has 3 N–H and O–H groups in total. The van der Waals surface area contributed by atoms with E-state index in [0.717, 1.165) is 37.1 Å². The van der Waals surface area contributed by atoms with E-state index < -0.39 is 0 Å². The molecular weight excluding hydrogens is 394 g/mol. The smallest absolute Gasteiger partial charge is 0.315 e. The van der Waals surface area contributed by atoms with Gasteiger partial charge >= 0.3 is 6.03 Å². The lowest BCUT2D eigenvalue weighted by molar-refractivity contribution is -0.120. The Kier molecular flexibility index (Phi) is 7.82. The molecule has 9 nitrogen and oxygen atoms in total. The number of urea groups is 1. The molecule has 0 aliphatic heterocycles. The summed E-state index contributed by atoms with van der Waals surface area (Å²) in [6, 6.07) is 4.19. The summed E-state index contributed by atoms with van der Waals surface area (Å²) < 4.78 is 1.70. The zero-order valence-electron chi connectivity index (χ0n) is 18.3. The molecule has 0 bridgehead atoms. The van der Waals surface area contributed by atoms with Gasteiger partial charge in [-0.25, -0.2) is 14.3 Å². The van der Waals surface area contributed by atoms with Gasteiger partial charge in [0.2, 0.25) is 5.91 Å². The van der Waals surface area contributed by atoms with Crippen LogP contribution in [-0.2, 0) is 11.2 Å². The van der Waals surface area contributed by atoms with Crippen LogP contribution in [0.5, 0.6) is 0 Å². The van der Waals surface area contributed by atoms with Gasteiger partial charge < -0.3 is 16.0 Å². The number of amides is 3. The molecule has 0 radical (unpaired) electrons. The summed E-state index contributed by atoms with van der Waals surface area (Å²) in [6.45, 7) is 4.62. The van der Waals surface area contributed by atoms with Crippen LogP contribution in [0.1, 0.15) is 67.6 Å². The van der Waals surface area contributed by atoms with Crippen molar-refractivity contribution in [3.63, 3.8) is 0 Å². The Morgan fingerprint density at radius 2 is 1.97 bits per heavy atom. The third-order valence-corrected chi connectivity index (χ3v) is 5.57. The van der Waals surface area contributed by atoms with Crippen molar-refractivity contribution in [1.29, 1.82) is 5.26 Å². The van der Waals surface area contributed by atoms with Crippen LogP contribution in [-0.4, -0.2) is 45.7 Å². The van der Waals surface area contributed by atoms with E-state index in [1.807, 2.05) is 19.9 Å². The molecule has 2 aromatic rings. The normalized spacial score (nSPS) is 14.2. The van der Waals surface area contributed by atoms with Crippen molar-refractivity contribution in [2.45, 2.75) is 71.3 Å². The molecule has 0 spiro atoms. The zero-order chi connectivity index (χ0) is 22.2. The first-order chi connectivity index (χ1) is 15.0. The van der Waals surface area contributed by atoms with Gasteiger partial charge in [-0.1, -0.05) is 19.3 Å². The summed E-state index contributed by atoms with van der Waals surface area (Å²) >= 11 is 0. The van der Waals surface area contributed by atoms with E-state index in [2.05, 4.69) is 32.1 Å². The van der Waals surface area contributed by atoms with Gasteiger partial charge in [0, 0.05) is 36.9 Å². The molecule has 0 atom stereocenters. The fraction of sp³-hybridized carbons (Fsp3) is 0.591. The highest BCUT2D eigenvalue weighted by atomic mass is 16.2. The molecule has 1 saturated carbocycles. The first kappa shape index (κ1) is 22.5. The van der Waals surface area contributed by atoms with Gasteiger partial charge in [-0.15, -0.1) is 0 Å². The lowest BCUT2D eigenvalue weighted by atomic mass is 9.96. The topological polar surface area (TPSA) is 124 Å². The number of carbonyl (C=O) groups is 2. The van der Waals surface area contributed by atoms with Crippen molar-refractivity contribution >= 4 is 17.6 Å². The van der Waals surface area contributed by atoms with Crippen LogP contribution in [0.3, 0.4) is 0 Å². The first-order valence-electron chi connectivity index (χ1n) is 11.0. The van der Waals surface area contributed by atoms with E-state index in [0.29, 0.717) is 42.8 Å². The van der Waals surface area contributed by atoms with E-state index >= 15 is 0 Å². The molecule has 1 aliphatic rings. The van der Waals surface area contributed by atoms with Crippen LogP contribution in [0.15, 0.2) is 6.07 Å². The van der Waals surface area contributed by atoms with E-state index in [4.69, 9.17) is 0 Å². The number of fused-ring (bicyclic) bond motifs is 1. The molecule has 0 saturated heterocycles. The highest BCUT2D eigenvalue weighted by molar-refractivity contribution is 5.78. The van der Waals surface area contributed by atoms with Gasteiger partial charge in [-0.05, 0) is 45.6 Å². The Labute approximate surface area is 182 Å².